The van der Waals surface area contributed by atoms with Crippen molar-refractivity contribution in [2.45, 2.75) is 0 Å². The average molecular weight is 308 g/mol. The monoisotopic (exact) mass is 308 g/mol. The highest BCUT2D eigenvalue weighted by Crippen LogP contribution is 2.30. The topological polar surface area (TPSA) is 123 Å². The van der Waals surface area contributed by atoms with E-state index in [2.05, 4.69) is 9.68 Å². The van der Waals surface area contributed by atoms with E-state index in [0.29, 0.717) is 0 Å². The smallest absolute Gasteiger partial charge is 0.287 e. The quantitative estimate of drug-likeness (QED) is 0.433. The Labute approximate surface area is 122 Å². The molecular formula is C12H8N2O8. The van der Waals surface area contributed by atoms with E-state index >= 15 is 0 Å². The van der Waals surface area contributed by atoms with Crippen LogP contribution in [0.1, 0.15) is 0 Å². The van der Waals surface area contributed by atoms with Crippen LogP contribution in [0.2, 0.25) is 0 Å². The summed E-state index contributed by atoms with van der Waals surface area (Å²) in [6.07, 6.45) is 0. The Morgan fingerprint density at radius 3 is 1.27 bits per heavy atom. The maximum atomic E-state index is 10.4. The van der Waals surface area contributed by atoms with Crippen molar-refractivity contribution in [2.24, 2.45) is 0 Å². The van der Waals surface area contributed by atoms with Crippen LogP contribution >= 0.6 is 0 Å². The van der Waals surface area contributed by atoms with Gasteiger partial charge in [0.25, 0.3) is 10.2 Å². The van der Waals surface area contributed by atoms with E-state index in [1.807, 2.05) is 0 Å². The Morgan fingerprint density at radius 1 is 0.636 bits per heavy atom. The van der Waals surface area contributed by atoms with Crippen molar-refractivity contribution in [3.05, 3.63) is 68.8 Å². The molecule has 2 rings (SSSR count). The van der Waals surface area contributed by atoms with Crippen LogP contribution in [0.4, 0.5) is 0 Å². The molecular weight excluding hydrogens is 300 g/mol. The molecule has 0 aliphatic carbocycles. The zero-order chi connectivity index (χ0) is 15.9. The molecule has 0 atom stereocenters. The second-order valence-electron chi connectivity index (χ2n) is 3.69. The Kier molecular flexibility index (Phi) is 4.55. The molecule has 0 fully saturated rings. The van der Waals surface area contributed by atoms with E-state index in [9.17, 15) is 20.2 Å². The van der Waals surface area contributed by atoms with Crippen LogP contribution in [0.3, 0.4) is 0 Å². The fourth-order valence-electron chi connectivity index (χ4n) is 1.44. The lowest BCUT2D eigenvalue weighted by Gasteiger charge is -2.10. The summed E-state index contributed by atoms with van der Waals surface area (Å²) in [4.78, 5) is 39.2. The van der Waals surface area contributed by atoms with Crippen LogP contribution < -0.4 is 19.5 Å². The summed E-state index contributed by atoms with van der Waals surface area (Å²) >= 11 is 0. The highest BCUT2D eigenvalue weighted by molar-refractivity contribution is 5.41. The van der Waals surface area contributed by atoms with Crippen molar-refractivity contribution >= 4 is 0 Å². The fourth-order valence-corrected chi connectivity index (χ4v) is 1.44. The molecule has 0 heterocycles. The standard InChI is InChI=1S/C12H8N2O8/c15-13(16)19-9-5-1-3-7-11(9)21-22-12-8-4-2-6-10(12)20-14(17)18/h1-8H. The summed E-state index contributed by atoms with van der Waals surface area (Å²) in [5.74, 6) is -0.564. The lowest BCUT2D eigenvalue weighted by molar-refractivity contribution is -0.711. The maximum absolute atomic E-state index is 10.4. The van der Waals surface area contributed by atoms with Gasteiger partial charge in [0, 0.05) is 0 Å². The van der Waals surface area contributed by atoms with E-state index in [4.69, 9.17) is 9.78 Å². The van der Waals surface area contributed by atoms with Gasteiger partial charge in [-0.2, -0.15) is 0 Å². The molecule has 114 valence electrons. The summed E-state index contributed by atoms with van der Waals surface area (Å²) in [6, 6.07) is 11.4. The summed E-state index contributed by atoms with van der Waals surface area (Å²) in [5.41, 5.74) is 0. The molecule has 0 N–H and O–H groups in total. The molecule has 0 saturated carbocycles. The third-order valence-electron chi connectivity index (χ3n) is 2.27. The van der Waals surface area contributed by atoms with Gasteiger partial charge in [-0.15, -0.1) is 20.2 Å². The van der Waals surface area contributed by atoms with Crippen molar-refractivity contribution in [3.63, 3.8) is 0 Å². The molecule has 0 aromatic heterocycles. The van der Waals surface area contributed by atoms with Crippen LogP contribution in [0, 0.1) is 20.2 Å². The molecule has 10 nitrogen and oxygen atoms in total. The highest BCUT2D eigenvalue weighted by atomic mass is 17.2. The molecule has 0 aliphatic rings. The predicted molar refractivity (Wildman–Crippen MR) is 69.4 cm³/mol. The molecule has 0 amide bonds. The van der Waals surface area contributed by atoms with Crippen molar-refractivity contribution < 1.29 is 29.6 Å². The van der Waals surface area contributed by atoms with Gasteiger partial charge >= 0.3 is 0 Å². The van der Waals surface area contributed by atoms with Gasteiger partial charge in [0.05, 0.1) is 0 Å². The van der Waals surface area contributed by atoms with E-state index in [1.54, 1.807) is 0 Å². The van der Waals surface area contributed by atoms with E-state index in [1.165, 1.54) is 48.5 Å². The fraction of sp³-hybridized carbons (Fsp3) is 0. The summed E-state index contributed by atoms with van der Waals surface area (Å²) in [7, 11) is 0. The maximum Gasteiger partial charge on any atom is 0.299 e. The number of hydrogen-bond donors (Lipinski definition) is 0. The van der Waals surface area contributed by atoms with Gasteiger partial charge in [0.15, 0.2) is 11.5 Å². The Balaban J connectivity index is 2.14. The second kappa shape index (κ2) is 6.74. The lowest BCUT2D eigenvalue weighted by Crippen LogP contribution is -2.09. The zero-order valence-corrected chi connectivity index (χ0v) is 10.8. The minimum absolute atomic E-state index is 0.0879. The van der Waals surface area contributed by atoms with Gasteiger partial charge in [-0.25, -0.2) is 0 Å². The minimum Gasteiger partial charge on any atom is -0.287 e. The highest BCUT2D eigenvalue weighted by Gasteiger charge is 2.12. The molecule has 0 aliphatic heterocycles. The first-order valence-corrected chi connectivity index (χ1v) is 5.73. The van der Waals surface area contributed by atoms with Crippen molar-refractivity contribution in [3.8, 4) is 23.0 Å². The third-order valence-corrected chi connectivity index (χ3v) is 2.27. The van der Waals surface area contributed by atoms with Gasteiger partial charge in [0.2, 0.25) is 11.5 Å². The number of para-hydroxylation sites is 4. The third kappa shape index (κ3) is 3.96. The van der Waals surface area contributed by atoms with Crippen LogP contribution in [0.25, 0.3) is 0 Å². The van der Waals surface area contributed by atoms with E-state index in [-0.39, 0.29) is 23.0 Å². The van der Waals surface area contributed by atoms with E-state index < -0.39 is 10.2 Å². The Bertz CT molecular complexity index is 631. The van der Waals surface area contributed by atoms with Crippen LogP contribution in [0.15, 0.2) is 48.5 Å². The van der Waals surface area contributed by atoms with Gasteiger partial charge in [-0.3, -0.25) is 19.5 Å². The first-order chi connectivity index (χ1) is 10.6. The SMILES string of the molecule is O=[N+]([O-])Oc1ccccc1OOc1ccccc1O[N+](=O)[O-]. The van der Waals surface area contributed by atoms with Gasteiger partial charge in [-0.05, 0) is 24.3 Å². The molecule has 10 heteroatoms. The summed E-state index contributed by atoms with van der Waals surface area (Å²) in [5, 5.41) is 18.7. The van der Waals surface area contributed by atoms with Crippen LogP contribution in [-0.4, -0.2) is 10.2 Å². The first-order valence-electron chi connectivity index (χ1n) is 5.73. The Morgan fingerprint density at radius 2 is 0.955 bits per heavy atom. The van der Waals surface area contributed by atoms with Crippen LogP contribution in [0.5, 0.6) is 23.0 Å². The summed E-state index contributed by atoms with van der Waals surface area (Å²) < 4.78 is 0. The van der Waals surface area contributed by atoms with Gasteiger partial charge in [0.1, 0.15) is 0 Å². The van der Waals surface area contributed by atoms with Crippen LogP contribution in [-0.2, 0) is 0 Å². The van der Waals surface area contributed by atoms with Crippen molar-refractivity contribution in [1.29, 1.82) is 0 Å². The van der Waals surface area contributed by atoms with Gasteiger partial charge in [-0.1, -0.05) is 24.3 Å². The molecule has 0 spiro atoms. The number of hydrogen-bond acceptors (Lipinski definition) is 8. The molecule has 0 radical (unpaired) electrons. The molecule has 22 heavy (non-hydrogen) atoms. The summed E-state index contributed by atoms with van der Waals surface area (Å²) in [6.45, 7) is 0. The number of nitrogens with zero attached hydrogens (tertiary/aromatic N) is 2. The molecule has 2 aromatic rings. The number of rotatable bonds is 7. The lowest BCUT2D eigenvalue weighted by atomic mass is 10.3. The van der Waals surface area contributed by atoms with Gasteiger partial charge < -0.3 is 0 Å². The predicted octanol–water partition coefficient (Wildman–Crippen LogP) is 2.20. The molecule has 0 bridgehead atoms. The molecule has 0 unspecified atom stereocenters. The van der Waals surface area contributed by atoms with E-state index in [0.717, 1.165) is 0 Å². The molecule has 0 saturated heterocycles. The second-order valence-corrected chi connectivity index (χ2v) is 3.69. The normalized spacial score (nSPS) is 9.64. The Hall–Kier alpha value is -3.56. The number of benzene rings is 2. The first kappa shape index (κ1) is 14.8. The molecule has 2 aromatic carbocycles. The zero-order valence-electron chi connectivity index (χ0n) is 10.8. The van der Waals surface area contributed by atoms with Crippen molar-refractivity contribution in [2.75, 3.05) is 0 Å². The largest absolute Gasteiger partial charge is 0.299 e. The average Bonchev–Trinajstić information content (AvgIpc) is 2.46. The van der Waals surface area contributed by atoms with Crippen molar-refractivity contribution in [1.82, 2.24) is 0 Å². The minimum atomic E-state index is -1.01.